The van der Waals surface area contributed by atoms with Crippen molar-refractivity contribution in [3.05, 3.63) is 29.3 Å². The maximum absolute atomic E-state index is 12.6. The lowest BCUT2D eigenvalue weighted by atomic mass is 10.1. The monoisotopic (exact) mass is 314 g/mol. The summed E-state index contributed by atoms with van der Waals surface area (Å²) in [6, 6.07) is 5.23. The number of carbonyl (C=O) groups excluding carboxylic acids is 1. The minimum absolute atomic E-state index is 0.304. The van der Waals surface area contributed by atoms with E-state index in [1.165, 1.54) is 11.2 Å². The average molecular weight is 314 g/mol. The van der Waals surface area contributed by atoms with E-state index >= 15 is 0 Å². The van der Waals surface area contributed by atoms with E-state index in [4.69, 9.17) is 5.73 Å². The van der Waals surface area contributed by atoms with Gasteiger partial charge in [0.1, 0.15) is 5.37 Å². The third-order valence-corrected chi connectivity index (χ3v) is 6.04. The fourth-order valence-corrected chi connectivity index (χ4v) is 5.00. The second-order valence-corrected chi connectivity index (χ2v) is 8.25. The molecular weight excluding hydrogens is 296 g/mol. The minimum Gasteiger partial charge on any atom is -0.398 e. The van der Waals surface area contributed by atoms with E-state index in [1.54, 1.807) is 23.9 Å². The Morgan fingerprint density at radius 2 is 2.15 bits per heavy atom. The van der Waals surface area contributed by atoms with Crippen molar-refractivity contribution in [1.29, 1.82) is 0 Å². The highest BCUT2D eigenvalue weighted by molar-refractivity contribution is 8.00. The van der Waals surface area contributed by atoms with Gasteiger partial charge < -0.3 is 10.6 Å². The Morgan fingerprint density at radius 3 is 2.80 bits per heavy atom. The van der Waals surface area contributed by atoms with Crippen molar-refractivity contribution < 1.29 is 13.2 Å². The van der Waals surface area contributed by atoms with Crippen LogP contribution in [-0.2, 0) is 9.84 Å². The summed E-state index contributed by atoms with van der Waals surface area (Å²) in [6.45, 7) is 2.25. The molecule has 0 saturated carbocycles. The minimum atomic E-state index is -3.31. The third-order valence-electron chi connectivity index (χ3n) is 3.39. The van der Waals surface area contributed by atoms with Crippen LogP contribution in [0, 0.1) is 6.92 Å². The van der Waals surface area contributed by atoms with E-state index in [0.717, 1.165) is 11.3 Å². The largest absolute Gasteiger partial charge is 0.398 e. The molecule has 1 aliphatic heterocycles. The van der Waals surface area contributed by atoms with Crippen LogP contribution in [0.2, 0.25) is 0 Å². The molecule has 0 aliphatic carbocycles. The number of hydrogen-bond donors (Lipinski definition) is 1. The molecular formula is C13H18N2O3S2. The second-order valence-electron chi connectivity index (χ2n) is 4.89. The van der Waals surface area contributed by atoms with Crippen molar-refractivity contribution in [3.8, 4) is 0 Å². The number of nitrogens with zero attached hydrogens (tertiary/aromatic N) is 1. The quantitative estimate of drug-likeness (QED) is 0.828. The van der Waals surface area contributed by atoms with Gasteiger partial charge in [-0.3, -0.25) is 4.79 Å². The molecule has 0 radical (unpaired) electrons. The van der Waals surface area contributed by atoms with Crippen LogP contribution in [-0.4, -0.2) is 48.9 Å². The highest BCUT2D eigenvalue weighted by atomic mass is 32.2. The second kappa shape index (κ2) is 5.65. The van der Waals surface area contributed by atoms with E-state index < -0.39 is 15.2 Å². The molecule has 0 spiro atoms. The molecule has 1 amide bonds. The van der Waals surface area contributed by atoms with Gasteiger partial charge in [0.2, 0.25) is 0 Å². The van der Waals surface area contributed by atoms with Crippen LogP contribution < -0.4 is 5.73 Å². The van der Waals surface area contributed by atoms with Crippen LogP contribution in [0.15, 0.2) is 18.2 Å². The zero-order chi connectivity index (χ0) is 14.9. The molecule has 1 atom stereocenters. The van der Waals surface area contributed by atoms with Crippen molar-refractivity contribution in [1.82, 2.24) is 4.90 Å². The highest BCUT2D eigenvalue weighted by Crippen LogP contribution is 2.25. The first-order chi connectivity index (χ1) is 9.32. The molecule has 110 valence electrons. The number of sulfone groups is 1. The highest BCUT2D eigenvalue weighted by Gasteiger charge is 2.35. The molecule has 1 fully saturated rings. The van der Waals surface area contributed by atoms with Crippen LogP contribution in [0.25, 0.3) is 0 Å². The van der Waals surface area contributed by atoms with Crippen molar-refractivity contribution in [2.45, 2.75) is 12.3 Å². The van der Waals surface area contributed by atoms with Gasteiger partial charge in [-0.1, -0.05) is 12.1 Å². The van der Waals surface area contributed by atoms with Gasteiger partial charge in [0.25, 0.3) is 5.91 Å². The van der Waals surface area contributed by atoms with Crippen LogP contribution in [0.1, 0.15) is 15.9 Å². The first kappa shape index (κ1) is 15.2. The standard InChI is InChI=1S/C13H18N2O3S2/c1-9-4-3-5-10(12(9)14)13(16)15-6-7-19-8-11(15)20(2,17)18/h3-5,11H,6-8,14H2,1-2H3. The number of nitrogen functional groups attached to an aromatic ring is 1. The molecule has 0 bridgehead atoms. The van der Waals surface area contributed by atoms with Crippen molar-refractivity contribution in [2.24, 2.45) is 0 Å². The number of anilines is 1. The van der Waals surface area contributed by atoms with Crippen LogP contribution in [0.4, 0.5) is 5.69 Å². The summed E-state index contributed by atoms with van der Waals surface area (Å²) >= 11 is 1.55. The van der Waals surface area contributed by atoms with Gasteiger partial charge in [-0.05, 0) is 18.6 Å². The zero-order valence-electron chi connectivity index (χ0n) is 11.5. The first-order valence-electron chi connectivity index (χ1n) is 6.25. The fourth-order valence-electron chi connectivity index (χ4n) is 2.19. The van der Waals surface area contributed by atoms with Gasteiger partial charge in [0, 0.05) is 30.0 Å². The number of carbonyl (C=O) groups is 1. The predicted molar refractivity (Wildman–Crippen MR) is 82.6 cm³/mol. The van der Waals surface area contributed by atoms with Crippen molar-refractivity contribution >= 4 is 33.2 Å². The number of nitrogens with two attached hydrogens (primary N) is 1. The van der Waals surface area contributed by atoms with Crippen molar-refractivity contribution in [3.63, 3.8) is 0 Å². The zero-order valence-corrected chi connectivity index (χ0v) is 13.1. The van der Waals surface area contributed by atoms with Gasteiger partial charge in [-0.15, -0.1) is 0 Å². The molecule has 1 aromatic carbocycles. The Kier molecular flexibility index (Phi) is 4.29. The number of para-hydroxylation sites is 1. The van der Waals surface area contributed by atoms with E-state index in [0.29, 0.717) is 23.5 Å². The number of aryl methyl sites for hydroxylation is 1. The molecule has 7 heteroatoms. The van der Waals surface area contributed by atoms with Gasteiger partial charge in [-0.25, -0.2) is 8.42 Å². The molecule has 5 nitrogen and oxygen atoms in total. The Balaban J connectivity index is 2.38. The first-order valence-corrected chi connectivity index (χ1v) is 9.36. The Bertz CT molecular complexity index is 629. The molecule has 1 aliphatic rings. The Hall–Kier alpha value is -1.21. The van der Waals surface area contributed by atoms with Crippen LogP contribution in [0.3, 0.4) is 0 Å². The number of amides is 1. The van der Waals surface area contributed by atoms with Crippen LogP contribution >= 0.6 is 11.8 Å². The fraction of sp³-hybridized carbons (Fsp3) is 0.462. The van der Waals surface area contributed by atoms with E-state index in [1.807, 2.05) is 13.0 Å². The lowest BCUT2D eigenvalue weighted by Gasteiger charge is -2.34. The summed E-state index contributed by atoms with van der Waals surface area (Å²) in [7, 11) is -3.31. The number of rotatable bonds is 2. The molecule has 0 aromatic heterocycles. The molecule has 20 heavy (non-hydrogen) atoms. The van der Waals surface area contributed by atoms with Crippen LogP contribution in [0.5, 0.6) is 0 Å². The summed E-state index contributed by atoms with van der Waals surface area (Å²) in [5.41, 5.74) is 7.56. The average Bonchev–Trinajstić information content (AvgIpc) is 2.40. The molecule has 1 aromatic rings. The van der Waals surface area contributed by atoms with Gasteiger partial charge >= 0.3 is 0 Å². The number of hydrogen-bond acceptors (Lipinski definition) is 5. The Labute approximate surface area is 123 Å². The number of thioether (sulfide) groups is 1. The Morgan fingerprint density at radius 1 is 1.45 bits per heavy atom. The maximum atomic E-state index is 12.6. The van der Waals surface area contributed by atoms with Gasteiger partial charge in [-0.2, -0.15) is 11.8 Å². The lowest BCUT2D eigenvalue weighted by Crippen LogP contribution is -2.50. The summed E-state index contributed by atoms with van der Waals surface area (Å²) in [5, 5.41) is -0.770. The van der Waals surface area contributed by atoms with E-state index in [-0.39, 0.29) is 5.91 Å². The lowest BCUT2D eigenvalue weighted by molar-refractivity contribution is 0.0750. The summed E-state index contributed by atoms with van der Waals surface area (Å²) in [5.74, 6) is 0.849. The molecule has 1 unspecified atom stereocenters. The normalized spacial score (nSPS) is 19.9. The topological polar surface area (TPSA) is 80.5 Å². The summed E-state index contributed by atoms with van der Waals surface area (Å²) < 4.78 is 23.7. The third kappa shape index (κ3) is 2.93. The predicted octanol–water partition coefficient (Wildman–Crippen LogP) is 1.14. The van der Waals surface area contributed by atoms with Gasteiger partial charge in [0.05, 0.1) is 5.56 Å². The SMILES string of the molecule is Cc1cccc(C(=O)N2CCSCC2S(C)(=O)=O)c1N. The molecule has 2 rings (SSSR count). The molecule has 1 saturated heterocycles. The smallest absolute Gasteiger partial charge is 0.257 e. The summed E-state index contributed by atoms with van der Waals surface area (Å²) in [6.07, 6.45) is 1.17. The van der Waals surface area contributed by atoms with E-state index in [2.05, 4.69) is 0 Å². The maximum Gasteiger partial charge on any atom is 0.257 e. The van der Waals surface area contributed by atoms with Crippen molar-refractivity contribution in [2.75, 3.05) is 30.0 Å². The number of benzene rings is 1. The molecule has 2 N–H and O–H groups in total. The summed E-state index contributed by atoms with van der Waals surface area (Å²) in [4.78, 5) is 14.0. The van der Waals surface area contributed by atoms with Gasteiger partial charge in [0.15, 0.2) is 9.84 Å². The molecule has 1 heterocycles. The van der Waals surface area contributed by atoms with E-state index in [9.17, 15) is 13.2 Å².